The molecule has 0 radical (unpaired) electrons. The second kappa shape index (κ2) is 4.87. The van der Waals surface area contributed by atoms with Crippen molar-refractivity contribution in [2.24, 2.45) is 5.92 Å². The van der Waals surface area contributed by atoms with E-state index in [2.05, 4.69) is 22.6 Å². The van der Waals surface area contributed by atoms with Crippen LogP contribution in [0, 0.1) is 12.8 Å². The molecule has 1 aromatic carbocycles. The van der Waals surface area contributed by atoms with Gasteiger partial charge in [0.25, 0.3) is 5.91 Å². The molecule has 2 aliphatic heterocycles. The summed E-state index contributed by atoms with van der Waals surface area (Å²) in [7, 11) is 0. The van der Waals surface area contributed by atoms with Crippen LogP contribution < -0.4 is 0 Å². The van der Waals surface area contributed by atoms with Crippen LogP contribution in [0.5, 0.6) is 0 Å². The molecule has 1 aromatic rings. The highest BCUT2D eigenvalue weighted by Gasteiger charge is 2.62. The van der Waals surface area contributed by atoms with Gasteiger partial charge in [-0.1, -0.05) is 35.9 Å². The number of rotatable bonds is 1. The van der Waals surface area contributed by atoms with Crippen molar-refractivity contribution in [2.75, 3.05) is 6.54 Å². The van der Waals surface area contributed by atoms with E-state index in [1.54, 1.807) is 11.0 Å². The van der Waals surface area contributed by atoms with E-state index in [9.17, 15) is 14.4 Å². The highest BCUT2D eigenvalue weighted by atomic mass is 127. The van der Waals surface area contributed by atoms with E-state index in [-0.39, 0.29) is 30.4 Å². The van der Waals surface area contributed by atoms with Gasteiger partial charge in [0.15, 0.2) is 11.6 Å². The SMILES string of the molecule is Cc1ccc(C2=C(I)C(=O)N3CC(=O)[C@H]4CC(=O)C=C[C@@]243)cc1. The Morgan fingerprint density at radius 1 is 1.17 bits per heavy atom. The lowest BCUT2D eigenvalue weighted by atomic mass is 9.71. The van der Waals surface area contributed by atoms with Crippen molar-refractivity contribution in [3.63, 3.8) is 0 Å². The summed E-state index contributed by atoms with van der Waals surface area (Å²) < 4.78 is 0.642. The van der Waals surface area contributed by atoms with Crippen LogP contribution in [0.3, 0.4) is 0 Å². The van der Waals surface area contributed by atoms with E-state index in [0.29, 0.717) is 3.58 Å². The molecule has 1 saturated heterocycles. The van der Waals surface area contributed by atoms with Gasteiger partial charge in [-0.25, -0.2) is 0 Å². The Hall–Kier alpha value is -1.76. The lowest BCUT2D eigenvalue weighted by molar-refractivity contribution is -0.128. The maximum Gasteiger partial charge on any atom is 0.261 e. The Labute approximate surface area is 147 Å². The van der Waals surface area contributed by atoms with Gasteiger partial charge in [0, 0.05) is 12.0 Å². The van der Waals surface area contributed by atoms with Crippen LogP contribution in [-0.4, -0.2) is 34.5 Å². The zero-order valence-corrected chi connectivity index (χ0v) is 14.7. The van der Waals surface area contributed by atoms with Gasteiger partial charge in [0.1, 0.15) is 0 Å². The molecule has 5 heteroatoms. The summed E-state index contributed by atoms with van der Waals surface area (Å²) >= 11 is 2.07. The summed E-state index contributed by atoms with van der Waals surface area (Å²) in [4.78, 5) is 38.6. The lowest BCUT2D eigenvalue weighted by Crippen LogP contribution is -2.47. The molecule has 0 saturated carbocycles. The molecular weight excluding hydrogens is 405 g/mol. The summed E-state index contributed by atoms with van der Waals surface area (Å²) in [6.45, 7) is 2.09. The summed E-state index contributed by atoms with van der Waals surface area (Å²) in [6, 6.07) is 7.97. The third-order valence-electron chi connectivity index (χ3n) is 5.00. The maximum atomic E-state index is 12.7. The van der Waals surface area contributed by atoms with Crippen molar-refractivity contribution >= 4 is 45.6 Å². The Kier molecular flexibility index (Phi) is 3.13. The standard InChI is InChI=1S/C18H14INO3/c1-10-2-4-11(5-3-10)15-16(19)17(23)20-9-14(22)13-8-12(21)6-7-18(13,15)20/h2-7,13H,8-9H2,1H3/t13-,18+/m1/s1. The average Bonchev–Trinajstić information content (AvgIpc) is 2.92. The van der Waals surface area contributed by atoms with Crippen LogP contribution in [0.15, 0.2) is 40.0 Å². The molecule has 0 N–H and O–H groups in total. The van der Waals surface area contributed by atoms with Crippen LogP contribution in [0.2, 0.25) is 0 Å². The van der Waals surface area contributed by atoms with Crippen molar-refractivity contribution in [2.45, 2.75) is 18.9 Å². The van der Waals surface area contributed by atoms with Crippen LogP contribution >= 0.6 is 22.6 Å². The number of Topliss-reactive ketones (excluding diaryl/α,β-unsaturated/α-hetero) is 1. The predicted molar refractivity (Wildman–Crippen MR) is 93.8 cm³/mol. The molecule has 1 amide bonds. The fourth-order valence-electron chi connectivity index (χ4n) is 3.91. The monoisotopic (exact) mass is 419 g/mol. The molecule has 1 fully saturated rings. The molecule has 2 atom stereocenters. The zero-order chi connectivity index (χ0) is 16.4. The Morgan fingerprint density at radius 3 is 2.57 bits per heavy atom. The van der Waals surface area contributed by atoms with Gasteiger partial charge in [-0.3, -0.25) is 14.4 Å². The molecule has 4 nitrogen and oxygen atoms in total. The van der Waals surface area contributed by atoms with Gasteiger partial charge in [0.05, 0.1) is 21.6 Å². The van der Waals surface area contributed by atoms with E-state index in [1.165, 1.54) is 6.08 Å². The van der Waals surface area contributed by atoms with Gasteiger partial charge < -0.3 is 4.90 Å². The number of halogens is 1. The second-order valence-electron chi connectivity index (χ2n) is 6.29. The van der Waals surface area contributed by atoms with Crippen molar-refractivity contribution in [1.29, 1.82) is 0 Å². The van der Waals surface area contributed by atoms with Gasteiger partial charge in [-0.05, 0) is 41.2 Å². The first-order valence-electron chi connectivity index (χ1n) is 7.49. The maximum absolute atomic E-state index is 12.7. The Morgan fingerprint density at radius 2 is 1.87 bits per heavy atom. The van der Waals surface area contributed by atoms with Gasteiger partial charge in [-0.2, -0.15) is 0 Å². The van der Waals surface area contributed by atoms with Crippen LogP contribution in [0.25, 0.3) is 5.57 Å². The Balaban J connectivity index is 1.98. The van der Waals surface area contributed by atoms with Crippen molar-refractivity contribution < 1.29 is 14.4 Å². The van der Waals surface area contributed by atoms with Crippen molar-refractivity contribution in [3.05, 3.63) is 51.1 Å². The quantitative estimate of drug-likeness (QED) is 0.658. The topological polar surface area (TPSA) is 54.5 Å². The largest absolute Gasteiger partial charge is 0.317 e. The number of carbonyl (C=O) groups excluding carboxylic acids is 3. The molecule has 23 heavy (non-hydrogen) atoms. The number of allylic oxidation sites excluding steroid dienone is 1. The first-order chi connectivity index (χ1) is 10.9. The first kappa shape index (κ1) is 14.8. The molecule has 3 aliphatic rings. The Bertz CT molecular complexity index is 821. The number of hydrogen-bond acceptors (Lipinski definition) is 3. The minimum atomic E-state index is -0.784. The van der Waals surface area contributed by atoms with E-state index >= 15 is 0 Å². The molecule has 2 heterocycles. The number of amides is 1. The van der Waals surface area contributed by atoms with E-state index in [0.717, 1.165) is 16.7 Å². The fraction of sp³-hybridized carbons (Fsp3) is 0.278. The number of carbonyl (C=O) groups is 3. The smallest absolute Gasteiger partial charge is 0.261 e. The normalized spacial score (nSPS) is 29.4. The minimum absolute atomic E-state index is 0.0236. The van der Waals surface area contributed by atoms with Crippen LogP contribution in [0.1, 0.15) is 17.5 Å². The van der Waals surface area contributed by atoms with Crippen LogP contribution in [0.4, 0.5) is 0 Å². The average molecular weight is 419 g/mol. The number of aryl methyl sites for hydroxylation is 1. The molecule has 116 valence electrons. The predicted octanol–water partition coefficient (Wildman–Crippen LogP) is 2.45. The van der Waals surface area contributed by atoms with Crippen LogP contribution in [-0.2, 0) is 14.4 Å². The summed E-state index contributed by atoms with van der Waals surface area (Å²) in [5.74, 6) is -0.651. The molecule has 1 aliphatic carbocycles. The highest BCUT2D eigenvalue weighted by molar-refractivity contribution is 14.1. The number of benzene rings is 1. The molecule has 4 rings (SSSR count). The van der Waals surface area contributed by atoms with Gasteiger partial charge in [-0.15, -0.1) is 0 Å². The lowest BCUT2D eigenvalue weighted by Gasteiger charge is -2.38. The number of nitrogens with zero attached hydrogens (tertiary/aromatic N) is 1. The van der Waals surface area contributed by atoms with Gasteiger partial charge in [0.2, 0.25) is 0 Å². The van der Waals surface area contributed by atoms with Crippen molar-refractivity contribution in [1.82, 2.24) is 4.90 Å². The molecule has 1 spiro atoms. The highest BCUT2D eigenvalue weighted by Crippen LogP contribution is 2.54. The first-order valence-corrected chi connectivity index (χ1v) is 8.57. The summed E-state index contributed by atoms with van der Waals surface area (Å²) in [5.41, 5.74) is 2.15. The van der Waals surface area contributed by atoms with Gasteiger partial charge >= 0.3 is 0 Å². The van der Waals surface area contributed by atoms with E-state index < -0.39 is 11.5 Å². The molecular formula is C18H14INO3. The fourth-order valence-corrected chi connectivity index (χ4v) is 4.94. The molecule has 0 unspecified atom stereocenters. The third kappa shape index (κ3) is 1.86. The summed E-state index contributed by atoms with van der Waals surface area (Å²) in [6.07, 6.45) is 3.48. The van der Waals surface area contributed by atoms with E-state index in [4.69, 9.17) is 0 Å². The van der Waals surface area contributed by atoms with E-state index in [1.807, 2.05) is 31.2 Å². The zero-order valence-electron chi connectivity index (χ0n) is 12.5. The minimum Gasteiger partial charge on any atom is -0.317 e. The summed E-state index contributed by atoms with van der Waals surface area (Å²) in [5, 5.41) is 0. The number of ketones is 2. The second-order valence-corrected chi connectivity index (χ2v) is 7.37. The molecule has 0 aromatic heterocycles. The third-order valence-corrected chi connectivity index (χ3v) is 6.00. The number of hydrogen-bond donors (Lipinski definition) is 0. The van der Waals surface area contributed by atoms with Crippen molar-refractivity contribution in [3.8, 4) is 0 Å². The molecule has 0 bridgehead atoms.